The molecule has 0 aliphatic heterocycles. The average molecular weight is 1940 g/mol. The van der Waals surface area contributed by atoms with E-state index in [0.717, 1.165) is 144 Å². The molecule has 12 heteroatoms. The zero-order valence-electron chi connectivity index (χ0n) is 65.3. The van der Waals surface area contributed by atoms with E-state index in [-0.39, 0.29) is 35.5 Å². The van der Waals surface area contributed by atoms with Gasteiger partial charge in [0.05, 0.1) is 34.2 Å². The van der Waals surface area contributed by atoms with Gasteiger partial charge >= 0.3 is 0 Å². The quantitative estimate of drug-likeness (QED) is 0.0852. The van der Waals surface area contributed by atoms with Crippen LogP contribution in [0.1, 0.15) is 107 Å². The molecule has 12 aromatic carbocycles. The van der Waals surface area contributed by atoms with E-state index in [1.54, 1.807) is 6.33 Å². The highest BCUT2D eigenvalue weighted by Crippen LogP contribution is 2.57. The molecule has 19 rings (SSSR count). The Balaban J connectivity index is 0.630. The molecule has 0 N–H and O–H groups in total. The average Bonchev–Trinajstić information content (AvgIpc) is 0.763. The molecule has 2 aliphatic carbocycles. The summed E-state index contributed by atoms with van der Waals surface area (Å²) in [4.78, 5) is 28.7. The first-order valence-electron chi connectivity index (χ1n) is 40.8. The smallest absolute Gasteiger partial charge is 0.116 e. The number of pyridine rings is 4. The van der Waals surface area contributed by atoms with Crippen LogP contribution in [0.3, 0.4) is 0 Å². The first-order valence-corrected chi connectivity index (χ1v) is 45.5. The van der Waals surface area contributed by atoms with Gasteiger partial charge in [-0.25, -0.2) is 9.97 Å². The van der Waals surface area contributed by atoms with Crippen molar-refractivity contribution in [2.45, 2.75) is 74.0 Å². The Bertz CT molecular complexity index is 5970. The maximum Gasteiger partial charge on any atom is 0.116 e. The molecule has 5 aromatic heterocycles. The van der Waals surface area contributed by atoms with Crippen LogP contribution < -0.4 is 0 Å². The van der Waals surface area contributed by atoms with E-state index in [0.29, 0.717) is 0 Å². The third kappa shape index (κ3) is 16.4. The molecular weight excluding hydrogens is 1860 g/mol. The third-order valence-corrected chi connectivity index (χ3v) is 28.4. The van der Waals surface area contributed by atoms with Crippen molar-refractivity contribution in [3.05, 3.63) is 425 Å². The molecule has 2 fully saturated rings. The fraction of sp³-hybridized carbons (Fsp3) is 0.111. The molecule has 0 saturated heterocycles. The summed E-state index contributed by atoms with van der Waals surface area (Å²) in [5.74, 6) is 1.28. The summed E-state index contributed by atoms with van der Waals surface area (Å²) in [5, 5.41) is 0. The number of halogens is 6. The standard InChI is InChI=1S/C108H78Br6N6/c109-97-59-67(103-33-13-17-49-115-103)37-43-91(97)85-27-7-1-21-79(85)73-53-74(80-22-2-8-28-86(80)92-44-38-68(60-98(92)110)104-34-14-18-50-116-104)56-77(55-73)83-25-5-11-31-89(83)95-47-41-71(63-101(95)113)107-65-108(120-66-119-107)72-42-48-96(102(114)64-72)90-32-12-6-26-84(90)78-57-75(81-23-3-9-29-87(81)93-45-39-69(61-99(93)111)105-35-15-19-51-117-105)54-76(58-78)82-24-4-10-30-88(82)94-46-40-70(62-100(94)112)106-36-16-20-52-118-106/h1-52,59-66,73-78H,53-58H2. The van der Waals surface area contributed by atoms with Crippen LogP contribution in [0.4, 0.5) is 0 Å². The Morgan fingerprint density at radius 2 is 0.350 bits per heavy atom. The summed E-state index contributed by atoms with van der Waals surface area (Å²) in [6.45, 7) is 0. The summed E-state index contributed by atoms with van der Waals surface area (Å²) in [6, 6.07) is 121. The highest BCUT2D eigenvalue weighted by Gasteiger charge is 2.38. The second-order valence-electron chi connectivity index (χ2n) is 31.4. The van der Waals surface area contributed by atoms with E-state index < -0.39 is 0 Å². The van der Waals surface area contributed by atoms with Crippen LogP contribution in [0.25, 0.3) is 134 Å². The predicted molar refractivity (Wildman–Crippen MR) is 515 cm³/mol. The highest BCUT2D eigenvalue weighted by molar-refractivity contribution is 9.11. The van der Waals surface area contributed by atoms with Crippen molar-refractivity contribution < 1.29 is 0 Å². The van der Waals surface area contributed by atoms with Crippen molar-refractivity contribution in [3.8, 4) is 134 Å². The van der Waals surface area contributed by atoms with Crippen molar-refractivity contribution in [1.82, 2.24) is 29.9 Å². The third-order valence-electron chi connectivity index (χ3n) is 24.5. The lowest BCUT2D eigenvalue weighted by molar-refractivity contribution is 0.353. The molecule has 17 aromatic rings. The minimum atomic E-state index is 0.202. The second-order valence-corrected chi connectivity index (χ2v) is 36.6. The number of benzene rings is 12. The lowest BCUT2D eigenvalue weighted by Gasteiger charge is -2.38. The summed E-state index contributed by atoms with van der Waals surface area (Å²) >= 11 is 24.7. The highest BCUT2D eigenvalue weighted by atomic mass is 79.9. The van der Waals surface area contributed by atoms with Gasteiger partial charge in [0.2, 0.25) is 0 Å². The van der Waals surface area contributed by atoms with E-state index in [1.165, 1.54) is 89.0 Å². The van der Waals surface area contributed by atoms with Gasteiger partial charge in [-0.15, -0.1) is 0 Å². The van der Waals surface area contributed by atoms with Gasteiger partial charge in [0.25, 0.3) is 0 Å². The molecule has 4 atom stereocenters. The number of hydrogen-bond donors (Lipinski definition) is 0. The van der Waals surface area contributed by atoms with Gasteiger partial charge in [-0.3, -0.25) is 19.9 Å². The van der Waals surface area contributed by atoms with Gasteiger partial charge in [0.1, 0.15) is 6.33 Å². The minimum Gasteiger partial charge on any atom is -0.256 e. The fourth-order valence-corrected chi connectivity index (χ4v) is 22.5. The summed E-state index contributed by atoms with van der Waals surface area (Å²) < 4.78 is 6.18. The molecular formula is C108H78Br6N6. The van der Waals surface area contributed by atoms with Gasteiger partial charge in [-0.1, -0.05) is 338 Å². The largest absolute Gasteiger partial charge is 0.256 e. The second kappa shape index (κ2) is 35.5. The number of nitrogens with zero attached hydrogens (tertiary/aromatic N) is 6. The normalized spacial score (nSPS) is 16.6. The van der Waals surface area contributed by atoms with E-state index >= 15 is 0 Å². The summed E-state index contributed by atoms with van der Waals surface area (Å²) in [6.07, 6.45) is 15.0. The van der Waals surface area contributed by atoms with Crippen LogP contribution >= 0.6 is 95.6 Å². The van der Waals surface area contributed by atoms with Crippen LogP contribution in [-0.2, 0) is 0 Å². The molecule has 0 spiro atoms. The summed E-state index contributed by atoms with van der Waals surface area (Å²) in [7, 11) is 0. The Labute approximate surface area is 751 Å². The molecule has 0 radical (unpaired) electrons. The molecule has 0 amide bonds. The van der Waals surface area contributed by atoms with Crippen molar-refractivity contribution in [2.75, 3.05) is 0 Å². The van der Waals surface area contributed by atoms with E-state index in [9.17, 15) is 0 Å². The maximum absolute atomic E-state index is 4.97. The van der Waals surface area contributed by atoms with Crippen LogP contribution in [0, 0.1) is 0 Å². The molecule has 2 aliphatic rings. The van der Waals surface area contributed by atoms with Crippen molar-refractivity contribution >= 4 is 95.6 Å². The first kappa shape index (κ1) is 79.0. The summed E-state index contributed by atoms with van der Waals surface area (Å²) in [5.41, 5.74) is 34.2. The molecule has 5 heterocycles. The molecule has 2 saturated carbocycles. The van der Waals surface area contributed by atoms with Gasteiger partial charge in [-0.2, -0.15) is 0 Å². The number of hydrogen-bond acceptors (Lipinski definition) is 6. The van der Waals surface area contributed by atoms with E-state index in [4.69, 9.17) is 29.9 Å². The van der Waals surface area contributed by atoms with Gasteiger partial charge in [-0.05, 0) is 265 Å². The van der Waals surface area contributed by atoms with Crippen LogP contribution in [0.2, 0.25) is 0 Å². The van der Waals surface area contributed by atoms with E-state index in [2.05, 4.69) is 381 Å². The predicted octanol–water partition coefficient (Wildman–Crippen LogP) is 32.3. The van der Waals surface area contributed by atoms with Gasteiger partial charge in [0.15, 0.2) is 0 Å². The molecule has 4 unspecified atom stereocenters. The Kier molecular flexibility index (Phi) is 23.4. The van der Waals surface area contributed by atoms with Crippen LogP contribution in [-0.4, -0.2) is 29.9 Å². The molecule has 582 valence electrons. The number of aromatic nitrogens is 6. The van der Waals surface area contributed by atoms with Crippen LogP contribution in [0.5, 0.6) is 0 Å². The van der Waals surface area contributed by atoms with Gasteiger partial charge in [0, 0.05) is 85.0 Å². The Hall–Kier alpha value is -10.8. The molecule has 0 bridgehead atoms. The van der Waals surface area contributed by atoms with Crippen molar-refractivity contribution in [2.24, 2.45) is 0 Å². The monoisotopic (exact) mass is 1930 g/mol. The number of rotatable bonds is 18. The Morgan fingerprint density at radius 1 is 0.167 bits per heavy atom. The van der Waals surface area contributed by atoms with Crippen LogP contribution in [0.15, 0.2) is 392 Å². The lowest BCUT2D eigenvalue weighted by atomic mass is 9.66. The molecule has 6 nitrogen and oxygen atoms in total. The minimum absolute atomic E-state index is 0.202. The van der Waals surface area contributed by atoms with E-state index in [1.807, 2.05) is 73.3 Å². The lowest BCUT2D eigenvalue weighted by Crippen LogP contribution is -2.21. The molecule has 120 heavy (non-hydrogen) atoms. The zero-order valence-corrected chi connectivity index (χ0v) is 74.8. The zero-order chi connectivity index (χ0) is 81.2. The topological polar surface area (TPSA) is 77.3 Å². The Morgan fingerprint density at radius 3 is 0.533 bits per heavy atom. The maximum atomic E-state index is 4.97. The SMILES string of the molecule is Brc1cc(-c2ccccn2)ccc1-c1ccccc1C1CC(c2ccccc2-c2ccc(-c3ccccn3)cc2Br)CC(c2ccccc2-c2ccc(-c3cc(-c4ccc(-c5ccccc5C5CC(c6ccccc6-c6ccc(-c7ccccn7)cc6Br)CC(c6ccccc6-c6ccc(-c7ccccn7)cc6Br)C5)c(Br)c4)ncn3)cc2Br)C1. The van der Waals surface area contributed by atoms with Crippen molar-refractivity contribution in [3.63, 3.8) is 0 Å². The van der Waals surface area contributed by atoms with Gasteiger partial charge < -0.3 is 0 Å². The fourth-order valence-electron chi connectivity index (χ4n) is 18.9. The first-order chi connectivity index (χ1) is 59.0. The van der Waals surface area contributed by atoms with Crippen molar-refractivity contribution in [1.29, 1.82) is 0 Å².